The fourth-order valence-corrected chi connectivity index (χ4v) is 5.31. The van der Waals surface area contributed by atoms with E-state index in [1.54, 1.807) is 0 Å². The molecular formula is C19H19F3N2O8S3. The maximum atomic E-state index is 13.0. The van der Waals surface area contributed by atoms with E-state index >= 15 is 0 Å². The summed E-state index contributed by atoms with van der Waals surface area (Å²) in [6.45, 7) is 1.34. The Kier molecular flexibility index (Phi) is 6.95. The van der Waals surface area contributed by atoms with Crippen LogP contribution in [0.2, 0.25) is 0 Å². The van der Waals surface area contributed by atoms with Crippen LogP contribution in [0.25, 0.3) is 0 Å². The van der Waals surface area contributed by atoms with Gasteiger partial charge in [0.05, 0.1) is 27.5 Å². The van der Waals surface area contributed by atoms with Crippen LogP contribution in [0.4, 0.5) is 18.9 Å². The van der Waals surface area contributed by atoms with Crippen LogP contribution in [-0.2, 0) is 29.8 Å². The number of rotatable bonds is 8. The van der Waals surface area contributed by atoms with Gasteiger partial charge in [-0.05, 0) is 48.6 Å². The predicted molar refractivity (Wildman–Crippen MR) is 117 cm³/mol. The molecule has 192 valence electrons. The lowest BCUT2D eigenvalue weighted by atomic mass is 10.1. The molecule has 1 aromatic carbocycles. The molecule has 1 saturated carbocycles. The van der Waals surface area contributed by atoms with Gasteiger partial charge in [-0.1, -0.05) is 6.92 Å². The Morgan fingerprint density at radius 2 is 1.74 bits per heavy atom. The van der Waals surface area contributed by atoms with Crippen LogP contribution >= 0.6 is 0 Å². The van der Waals surface area contributed by atoms with Crippen molar-refractivity contribution in [1.29, 1.82) is 0 Å². The van der Waals surface area contributed by atoms with Crippen LogP contribution in [0.3, 0.4) is 0 Å². The number of alkyl halides is 3. The van der Waals surface area contributed by atoms with E-state index in [1.807, 2.05) is 5.32 Å². The second kappa shape index (κ2) is 9.05. The average molecular weight is 557 g/mol. The zero-order valence-corrected chi connectivity index (χ0v) is 20.6. The van der Waals surface area contributed by atoms with Crippen molar-refractivity contribution in [1.82, 2.24) is 4.98 Å². The van der Waals surface area contributed by atoms with E-state index in [0.717, 1.165) is 12.8 Å². The van der Waals surface area contributed by atoms with Gasteiger partial charge < -0.3 is 9.50 Å². The molecule has 0 saturated heterocycles. The number of aromatic nitrogens is 1. The summed E-state index contributed by atoms with van der Waals surface area (Å²) < 4.78 is 116. The van der Waals surface area contributed by atoms with Crippen LogP contribution in [-0.4, -0.2) is 53.7 Å². The number of nitrogens with zero attached hydrogens (tertiary/aromatic N) is 1. The number of sulfone groups is 2. The van der Waals surface area contributed by atoms with Crippen molar-refractivity contribution in [3.63, 3.8) is 0 Å². The molecule has 1 fully saturated rings. The lowest BCUT2D eigenvalue weighted by molar-refractivity contribution is -0.0436. The molecule has 0 radical (unpaired) electrons. The van der Waals surface area contributed by atoms with Crippen LogP contribution in [0, 0.1) is 0 Å². The van der Waals surface area contributed by atoms with E-state index in [0.29, 0.717) is 30.0 Å². The summed E-state index contributed by atoms with van der Waals surface area (Å²) in [7, 11) is -14.1. The number of halogens is 3. The third-order valence-corrected chi connectivity index (χ3v) is 8.62. The lowest BCUT2D eigenvalue weighted by Gasteiger charge is -2.15. The number of nitrogens with one attached hydrogen (secondary N) is 1. The van der Waals surface area contributed by atoms with E-state index in [1.165, 1.54) is 19.2 Å². The topological polar surface area (TPSA) is 154 Å². The first-order chi connectivity index (χ1) is 16.0. The van der Waals surface area contributed by atoms with E-state index in [2.05, 4.69) is 9.17 Å². The SMILES string of the molecule is CCS(=O)(=O)c1cc(C2CC2)cnc1C(=O)Nc1cc(S(=O)(=O)C(F)(F)F)ccc1OS(C)(=O)=O. The number of pyridine rings is 1. The first kappa shape index (κ1) is 26.9. The number of amides is 1. The first-order valence-electron chi connectivity index (χ1n) is 9.85. The van der Waals surface area contributed by atoms with Gasteiger partial charge in [0.25, 0.3) is 15.7 Å². The highest BCUT2D eigenvalue weighted by Gasteiger charge is 2.47. The number of benzene rings is 1. The quantitative estimate of drug-likeness (QED) is 0.483. The van der Waals surface area contributed by atoms with Crippen molar-refractivity contribution in [2.75, 3.05) is 17.3 Å². The summed E-state index contributed by atoms with van der Waals surface area (Å²) >= 11 is 0. The summed E-state index contributed by atoms with van der Waals surface area (Å²) in [5.41, 5.74) is -6.46. The Balaban J connectivity index is 2.11. The second-order valence-electron chi connectivity index (χ2n) is 7.64. The van der Waals surface area contributed by atoms with Crippen molar-refractivity contribution >= 4 is 41.4 Å². The number of anilines is 1. The van der Waals surface area contributed by atoms with Gasteiger partial charge >= 0.3 is 15.6 Å². The Bertz CT molecular complexity index is 1500. The fraction of sp³-hybridized carbons (Fsp3) is 0.368. The van der Waals surface area contributed by atoms with Gasteiger partial charge in [0, 0.05) is 6.20 Å². The van der Waals surface area contributed by atoms with E-state index in [4.69, 9.17) is 0 Å². The summed E-state index contributed by atoms with van der Waals surface area (Å²) in [6.07, 6.45) is 3.53. The molecule has 1 N–H and O–H groups in total. The van der Waals surface area contributed by atoms with Crippen molar-refractivity contribution in [2.45, 2.75) is 41.0 Å². The zero-order chi connectivity index (χ0) is 26.4. The third kappa shape index (κ3) is 5.92. The van der Waals surface area contributed by atoms with Crippen LogP contribution in [0.15, 0.2) is 40.3 Å². The largest absolute Gasteiger partial charge is 0.501 e. The second-order valence-corrected chi connectivity index (χ2v) is 13.4. The maximum absolute atomic E-state index is 13.0. The van der Waals surface area contributed by atoms with Gasteiger partial charge in [-0.15, -0.1) is 0 Å². The molecule has 1 amide bonds. The Labute approximate surface area is 199 Å². The number of carbonyl (C=O) groups excluding carboxylic acids is 1. The molecule has 0 unspecified atom stereocenters. The summed E-state index contributed by atoms with van der Waals surface area (Å²) in [6, 6.07) is 2.71. The molecule has 1 aromatic heterocycles. The smallest absolute Gasteiger partial charge is 0.380 e. The number of hydrogen-bond donors (Lipinski definition) is 1. The Morgan fingerprint density at radius 3 is 2.26 bits per heavy atom. The molecule has 16 heteroatoms. The van der Waals surface area contributed by atoms with Gasteiger partial charge in [-0.2, -0.15) is 21.6 Å². The minimum Gasteiger partial charge on any atom is -0.380 e. The predicted octanol–water partition coefficient (Wildman–Crippen LogP) is 2.64. The molecular weight excluding hydrogens is 537 g/mol. The van der Waals surface area contributed by atoms with Gasteiger partial charge in [0.2, 0.25) is 0 Å². The van der Waals surface area contributed by atoms with Crippen molar-refractivity contribution in [3.8, 4) is 5.75 Å². The van der Waals surface area contributed by atoms with Crippen LogP contribution in [0.1, 0.15) is 41.7 Å². The van der Waals surface area contributed by atoms with Gasteiger partial charge in [0.1, 0.15) is 5.69 Å². The molecule has 0 atom stereocenters. The maximum Gasteiger partial charge on any atom is 0.501 e. The standard InChI is InChI=1S/C19H19F3N2O8S3/c1-3-34(28,29)16-8-12(11-4-5-11)10-23-17(16)18(25)24-14-9-13(35(30,31)19(20,21)22)6-7-15(14)32-33(2,26)27/h6-11H,3-5H2,1-2H3,(H,24,25). The molecule has 1 heterocycles. The summed E-state index contributed by atoms with van der Waals surface area (Å²) in [5.74, 6) is -2.23. The Morgan fingerprint density at radius 1 is 1.11 bits per heavy atom. The molecule has 1 aliphatic rings. The zero-order valence-electron chi connectivity index (χ0n) is 18.2. The third-order valence-electron chi connectivity index (χ3n) is 4.91. The molecule has 0 aliphatic heterocycles. The highest BCUT2D eigenvalue weighted by atomic mass is 32.2. The lowest BCUT2D eigenvalue weighted by Crippen LogP contribution is -2.24. The molecule has 3 rings (SSSR count). The Hall–Kier alpha value is -2.72. The highest BCUT2D eigenvalue weighted by Crippen LogP contribution is 2.41. The van der Waals surface area contributed by atoms with Crippen molar-refractivity contribution in [2.24, 2.45) is 0 Å². The molecule has 10 nitrogen and oxygen atoms in total. The monoisotopic (exact) mass is 556 g/mol. The summed E-state index contributed by atoms with van der Waals surface area (Å²) in [5, 5.41) is 2.03. The van der Waals surface area contributed by atoms with Crippen LogP contribution < -0.4 is 9.50 Å². The highest BCUT2D eigenvalue weighted by molar-refractivity contribution is 7.92. The van der Waals surface area contributed by atoms with E-state index in [9.17, 15) is 43.2 Å². The summed E-state index contributed by atoms with van der Waals surface area (Å²) in [4.78, 5) is 15.1. The minimum absolute atomic E-state index is 0.0874. The average Bonchev–Trinajstić information content (AvgIpc) is 3.58. The normalized spacial score (nSPS) is 15.0. The number of hydrogen-bond acceptors (Lipinski definition) is 9. The van der Waals surface area contributed by atoms with Crippen molar-refractivity contribution < 1.29 is 47.4 Å². The van der Waals surface area contributed by atoms with Crippen molar-refractivity contribution in [3.05, 3.63) is 41.7 Å². The first-order valence-corrected chi connectivity index (χ1v) is 14.8. The minimum atomic E-state index is -5.87. The molecule has 1 aliphatic carbocycles. The molecule has 0 spiro atoms. The molecule has 35 heavy (non-hydrogen) atoms. The number of carbonyl (C=O) groups is 1. The fourth-order valence-electron chi connectivity index (χ4n) is 2.99. The van der Waals surface area contributed by atoms with Crippen LogP contribution in [0.5, 0.6) is 5.75 Å². The molecule has 0 bridgehead atoms. The van der Waals surface area contributed by atoms with E-state index < -0.39 is 68.1 Å². The molecule has 2 aromatic rings. The van der Waals surface area contributed by atoms with E-state index in [-0.39, 0.29) is 11.7 Å². The van der Waals surface area contributed by atoms with Gasteiger partial charge in [0.15, 0.2) is 15.6 Å². The van der Waals surface area contributed by atoms with Gasteiger partial charge in [-0.25, -0.2) is 21.8 Å². The van der Waals surface area contributed by atoms with Gasteiger partial charge in [-0.3, -0.25) is 4.79 Å².